The monoisotopic (exact) mass is 531 g/mol. The van der Waals surface area contributed by atoms with Crippen molar-refractivity contribution in [3.63, 3.8) is 0 Å². The second-order valence-corrected chi connectivity index (χ2v) is 10.0. The predicted octanol–water partition coefficient (Wildman–Crippen LogP) is 6.44. The van der Waals surface area contributed by atoms with Crippen LogP contribution in [0.4, 0.5) is 5.69 Å². The first-order chi connectivity index (χ1) is 16.3. The van der Waals surface area contributed by atoms with Gasteiger partial charge >= 0.3 is 0 Å². The third-order valence-corrected chi connectivity index (χ3v) is 7.64. The summed E-state index contributed by atoms with van der Waals surface area (Å²) in [5.41, 5.74) is 7.84. The fourth-order valence-electron chi connectivity index (χ4n) is 4.81. The third-order valence-electron chi connectivity index (χ3n) is 6.44. The highest BCUT2D eigenvalue weighted by Crippen LogP contribution is 2.44. The van der Waals surface area contributed by atoms with Gasteiger partial charge in [-0.2, -0.15) is 0 Å². The topological polar surface area (TPSA) is 46.0 Å². The van der Waals surface area contributed by atoms with Crippen molar-refractivity contribution in [3.05, 3.63) is 105 Å². The number of thiocarbonyl (C=S) groups is 1. The smallest absolute Gasteiger partial charge is 0.174 e. The number of nitrogens with zero attached hydrogens (tertiary/aromatic N) is 4. The maximum Gasteiger partial charge on any atom is 0.174 e. The second-order valence-electron chi connectivity index (χ2n) is 8.78. The molecule has 0 aliphatic carbocycles. The van der Waals surface area contributed by atoms with Crippen molar-refractivity contribution in [2.75, 3.05) is 4.90 Å². The molecule has 1 aliphatic heterocycles. The van der Waals surface area contributed by atoms with Crippen LogP contribution in [0.15, 0.2) is 71.5 Å². The number of anilines is 1. The summed E-state index contributed by atoms with van der Waals surface area (Å²) in [6, 6.07) is 18.6. The molecule has 1 fully saturated rings. The van der Waals surface area contributed by atoms with Crippen LogP contribution < -0.4 is 10.2 Å². The number of hydrogen-bond acceptors (Lipinski definition) is 3. The molecule has 0 unspecified atom stereocenters. The van der Waals surface area contributed by atoms with E-state index in [4.69, 9.17) is 12.2 Å². The molecule has 1 N–H and O–H groups in total. The zero-order chi connectivity index (χ0) is 24.0. The summed E-state index contributed by atoms with van der Waals surface area (Å²) in [5.74, 6) is 0.926. The van der Waals surface area contributed by atoms with Crippen LogP contribution in [0, 0.1) is 27.7 Å². The molecule has 2 atom stereocenters. The van der Waals surface area contributed by atoms with Gasteiger partial charge in [0.2, 0.25) is 0 Å². The van der Waals surface area contributed by atoms with E-state index >= 15 is 0 Å². The van der Waals surface area contributed by atoms with Gasteiger partial charge in [0.1, 0.15) is 5.82 Å². The molecule has 5 rings (SSSR count). The molecular weight excluding hydrogens is 506 g/mol. The lowest BCUT2D eigenvalue weighted by Crippen LogP contribution is -2.29. The minimum Gasteiger partial charge on any atom is -0.351 e. The fourth-order valence-corrected chi connectivity index (χ4v) is 5.40. The molecule has 172 valence electrons. The van der Waals surface area contributed by atoms with Crippen LogP contribution >= 0.6 is 28.1 Å². The quantitative estimate of drug-likeness (QED) is 0.307. The summed E-state index contributed by atoms with van der Waals surface area (Å²) in [6.07, 6.45) is 3.70. The zero-order valence-corrected chi connectivity index (χ0v) is 22.0. The molecule has 5 nitrogen and oxygen atoms in total. The fraction of sp³-hybridized carbons (Fsp3) is 0.222. The lowest BCUT2D eigenvalue weighted by molar-refractivity contribution is 0.565. The molecule has 1 aliphatic rings. The van der Waals surface area contributed by atoms with Crippen LogP contribution in [-0.4, -0.2) is 19.6 Å². The van der Waals surface area contributed by atoms with Crippen LogP contribution in [0.1, 0.15) is 45.9 Å². The number of nitrogens with one attached hydrogen (secondary N) is 1. The Morgan fingerprint density at radius 2 is 1.76 bits per heavy atom. The molecule has 4 aromatic rings. The van der Waals surface area contributed by atoms with Gasteiger partial charge in [-0.3, -0.25) is 4.98 Å². The number of hydrogen-bond donors (Lipinski definition) is 1. The Hall–Kier alpha value is -3.03. The standard InChI is InChI=1S/C27H26BrN5S/c1-16-10-12-30-24(13-16)32-18(3)15-21(19(32)4)26-25(23-7-5-6-11-29-23)31-27(34)33(26)20-8-9-22(28)17(2)14-20/h5-15,25-26H,1-4H3,(H,31,34)/t25-,26-/m0/s1. The molecule has 0 radical (unpaired) electrons. The van der Waals surface area contributed by atoms with Gasteiger partial charge in [0.25, 0.3) is 0 Å². The molecule has 0 spiro atoms. The zero-order valence-electron chi connectivity index (χ0n) is 19.6. The number of rotatable bonds is 4. The van der Waals surface area contributed by atoms with E-state index in [0.29, 0.717) is 5.11 Å². The Labute approximate surface area is 214 Å². The number of aryl methyl sites for hydroxylation is 3. The highest BCUT2D eigenvalue weighted by Gasteiger charge is 2.42. The molecule has 0 saturated carbocycles. The third kappa shape index (κ3) is 3.93. The van der Waals surface area contributed by atoms with Crippen LogP contribution in [0.25, 0.3) is 5.82 Å². The van der Waals surface area contributed by atoms with Crippen LogP contribution in [0.2, 0.25) is 0 Å². The molecule has 0 amide bonds. The second kappa shape index (κ2) is 8.96. The number of benzene rings is 1. The molecule has 1 saturated heterocycles. The number of pyridine rings is 2. The van der Waals surface area contributed by atoms with E-state index in [2.05, 4.69) is 105 Å². The first kappa shape index (κ1) is 22.7. The highest BCUT2D eigenvalue weighted by molar-refractivity contribution is 9.10. The Kier molecular flexibility index (Phi) is 6.00. The Bertz CT molecular complexity index is 1380. The van der Waals surface area contributed by atoms with Gasteiger partial charge in [0.05, 0.1) is 17.8 Å². The van der Waals surface area contributed by atoms with E-state index in [1.54, 1.807) is 0 Å². The molecule has 7 heteroatoms. The molecule has 1 aromatic carbocycles. The highest BCUT2D eigenvalue weighted by atomic mass is 79.9. The van der Waals surface area contributed by atoms with E-state index in [-0.39, 0.29) is 12.1 Å². The summed E-state index contributed by atoms with van der Waals surface area (Å²) in [4.78, 5) is 11.6. The Balaban J connectivity index is 1.69. The van der Waals surface area contributed by atoms with Gasteiger partial charge in [-0.1, -0.05) is 22.0 Å². The molecule has 0 bridgehead atoms. The normalized spacial score (nSPS) is 17.8. The Morgan fingerprint density at radius 3 is 2.47 bits per heavy atom. The van der Waals surface area contributed by atoms with E-state index in [1.807, 2.05) is 30.6 Å². The maximum atomic E-state index is 5.90. The predicted molar refractivity (Wildman–Crippen MR) is 145 cm³/mol. The van der Waals surface area contributed by atoms with Gasteiger partial charge < -0.3 is 14.8 Å². The maximum absolute atomic E-state index is 5.90. The van der Waals surface area contributed by atoms with Crippen molar-refractivity contribution in [1.29, 1.82) is 0 Å². The van der Waals surface area contributed by atoms with E-state index in [0.717, 1.165) is 38.6 Å². The number of aromatic nitrogens is 3. The first-order valence-electron chi connectivity index (χ1n) is 11.2. The summed E-state index contributed by atoms with van der Waals surface area (Å²) >= 11 is 9.53. The Morgan fingerprint density at radius 1 is 0.941 bits per heavy atom. The molecule has 4 heterocycles. The van der Waals surface area contributed by atoms with Gasteiger partial charge in [0.15, 0.2) is 5.11 Å². The van der Waals surface area contributed by atoms with Crippen LogP contribution in [0.5, 0.6) is 0 Å². The van der Waals surface area contributed by atoms with Crippen molar-refractivity contribution < 1.29 is 0 Å². The summed E-state index contributed by atoms with van der Waals surface area (Å²) in [6.45, 7) is 8.48. The first-order valence-corrected chi connectivity index (χ1v) is 12.4. The van der Waals surface area contributed by atoms with Crippen molar-refractivity contribution in [2.45, 2.75) is 39.8 Å². The van der Waals surface area contributed by atoms with Gasteiger partial charge in [0, 0.05) is 33.9 Å². The van der Waals surface area contributed by atoms with Crippen molar-refractivity contribution in [3.8, 4) is 5.82 Å². The minimum atomic E-state index is -0.0860. The van der Waals surface area contributed by atoms with Crippen LogP contribution in [0.3, 0.4) is 0 Å². The van der Waals surface area contributed by atoms with Crippen molar-refractivity contribution in [1.82, 2.24) is 19.9 Å². The van der Waals surface area contributed by atoms with E-state index < -0.39 is 0 Å². The van der Waals surface area contributed by atoms with E-state index in [1.165, 1.54) is 11.1 Å². The van der Waals surface area contributed by atoms with E-state index in [9.17, 15) is 0 Å². The summed E-state index contributed by atoms with van der Waals surface area (Å²) < 4.78 is 3.31. The van der Waals surface area contributed by atoms with Crippen molar-refractivity contribution in [2.24, 2.45) is 0 Å². The molecule has 34 heavy (non-hydrogen) atoms. The largest absolute Gasteiger partial charge is 0.351 e. The average Bonchev–Trinajstić information content (AvgIpc) is 3.31. The summed E-state index contributed by atoms with van der Waals surface area (Å²) in [7, 11) is 0. The van der Waals surface area contributed by atoms with Crippen molar-refractivity contribution >= 4 is 38.9 Å². The van der Waals surface area contributed by atoms with Gasteiger partial charge in [-0.25, -0.2) is 4.98 Å². The minimum absolute atomic E-state index is 0.0623. The molecule has 3 aromatic heterocycles. The lowest BCUT2D eigenvalue weighted by Gasteiger charge is -2.28. The lowest BCUT2D eigenvalue weighted by atomic mass is 9.96. The molecular formula is C27H26BrN5S. The van der Waals surface area contributed by atoms with Gasteiger partial charge in [-0.05, 0) is 105 Å². The van der Waals surface area contributed by atoms with Gasteiger partial charge in [-0.15, -0.1) is 0 Å². The SMILES string of the molecule is Cc1ccnc(-n2c(C)cc([C@H]3[C@H](c4ccccn4)NC(=S)N3c3ccc(Br)c(C)c3)c2C)c1. The average molecular weight is 533 g/mol. The number of halogens is 1. The van der Waals surface area contributed by atoms with Crippen LogP contribution in [-0.2, 0) is 0 Å². The summed E-state index contributed by atoms with van der Waals surface area (Å²) in [5, 5.41) is 4.26.